The molecule has 96 valence electrons. The third-order valence-corrected chi connectivity index (χ3v) is 2.47. The average molecular weight is 247 g/mol. The minimum absolute atomic E-state index is 0.343. The van der Waals surface area contributed by atoms with E-state index in [1.807, 2.05) is 19.2 Å². The molecular weight excluding hydrogens is 230 g/mol. The average Bonchev–Trinajstić information content (AvgIpc) is 2.84. The molecule has 1 N–H and O–H groups in total. The van der Waals surface area contributed by atoms with Gasteiger partial charge >= 0.3 is 6.08 Å². The zero-order chi connectivity index (χ0) is 12.6. The summed E-state index contributed by atoms with van der Waals surface area (Å²) in [5.74, 6) is 0. The topological polar surface area (TPSA) is 60.2 Å². The number of oxazole rings is 1. The lowest BCUT2D eigenvalue weighted by Crippen LogP contribution is -2.05. The molecule has 2 aromatic rings. The van der Waals surface area contributed by atoms with Crippen molar-refractivity contribution in [3.8, 4) is 6.08 Å². The molecule has 2 heterocycles. The van der Waals surface area contributed by atoms with E-state index in [-0.39, 0.29) is 0 Å². The maximum absolute atomic E-state index is 5.43. The maximum Gasteiger partial charge on any atom is 0.393 e. The van der Waals surface area contributed by atoms with Crippen LogP contribution in [0.1, 0.15) is 17.7 Å². The van der Waals surface area contributed by atoms with Gasteiger partial charge in [-0.3, -0.25) is 4.98 Å². The first-order valence-corrected chi connectivity index (χ1v) is 5.99. The Morgan fingerprint density at radius 3 is 2.94 bits per heavy atom. The van der Waals surface area contributed by atoms with Gasteiger partial charge in [0.25, 0.3) is 0 Å². The molecular formula is C13H17N3O2. The van der Waals surface area contributed by atoms with Gasteiger partial charge in [-0.05, 0) is 37.6 Å². The van der Waals surface area contributed by atoms with Crippen molar-refractivity contribution in [2.24, 2.45) is 0 Å². The number of rotatable bonds is 7. The molecule has 0 atom stereocenters. The van der Waals surface area contributed by atoms with Crippen molar-refractivity contribution in [1.82, 2.24) is 15.3 Å². The summed E-state index contributed by atoms with van der Waals surface area (Å²) >= 11 is 0. The van der Waals surface area contributed by atoms with E-state index in [4.69, 9.17) is 9.15 Å². The number of nitrogens with zero attached hydrogens (tertiary/aromatic N) is 2. The zero-order valence-electron chi connectivity index (χ0n) is 10.4. The molecule has 0 amide bonds. The summed E-state index contributed by atoms with van der Waals surface area (Å²) in [4.78, 5) is 8.16. The minimum Gasteiger partial charge on any atom is -0.450 e. The van der Waals surface area contributed by atoms with Crippen LogP contribution in [0.5, 0.6) is 6.08 Å². The van der Waals surface area contributed by atoms with Crippen LogP contribution in [0, 0.1) is 0 Å². The highest BCUT2D eigenvalue weighted by Gasteiger charge is 2.03. The molecule has 0 aliphatic heterocycles. The van der Waals surface area contributed by atoms with E-state index in [2.05, 4.69) is 15.3 Å². The van der Waals surface area contributed by atoms with E-state index < -0.39 is 0 Å². The van der Waals surface area contributed by atoms with Gasteiger partial charge in [-0.15, -0.1) is 0 Å². The SMILES string of the molecule is CNCc1coc(OCCCc2ccncc2)n1. The van der Waals surface area contributed by atoms with Gasteiger partial charge < -0.3 is 14.5 Å². The van der Waals surface area contributed by atoms with Gasteiger partial charge in [0.1, 0.15) is 6.26 Å². The van der Waals surface area contributed by atoms with Crippen LogP contribution in [0.3, 0.4) is 0 Å². The fourth-order valence-corrected chi connectivity index (χ4v) is 1.60. The number of aromatic nitrogens is 2. The Morgan fingerprint density at radius 2 is 2.17 bits per heavy atom. The molecule has 2 rings (SSSR count). The Kier molecular flexibility index (Phi) is 4.72. The van der Waals surface area contributed by atoms with Crippen LogP contribution >= 0.6 is 0 Å². The fraction of sp³-hybridized carbons (Fsp3) is 0.385. The maximum atomic E-state index is 5.43. The molecule has 2 aromatic heterocycles. The summed E-state index contributed by atoms with van der Waals surface area (Å²) in [5, 5.41) is 3.00. The largest absolute Gasteiger partial charge is 0.450 e. The predicted octanol–water partition coefficient (Wildman–Crippen LogP) is 1.80. The van der Waals surface area contributed by atoms with Crippen LogP contribution in [-0.2, 0) is 13.0 Å². The molecule has 5 heteroatoms. The first-order valence-electron chi connectivity index (χ1n) is 5.99. The van der Waals surface area contributed by atoms with Crippen LogP contribution in [0.15, 0.2) is 35.2 Å². The summed E-state index contributed by atoms with van der Waals surface area (Å²) in [5.41, 5.74) is 2.11. The summed E-state index contributed by atoms with van der Waals surface area (Å²) in [7, 11) is 1.87. The summed E-state index contributed by atoms with van der Waals surface area (Å²) in [6.45, 7) is 1.28. The molecule has 0 fully saturated rings. The highest BCUT2D eigenvalue weighted by Crippen LogP contribution is 2.10. The Balaban J connectivity index is 1.68. The van der Waals surface area contributed by atoms with Crippen LogP contribution < -0.4 is 10.1 Å². The van der Waals surface area contributed by atoms with Crippen LogP contribution in [0.2, 0.25) is 0 Å². The molecule has 0 saturated carbocycles. The molecule has 0 bridgehead atoms. The Labute approximate surface area is 106 Å². The second-order valence-corrected chi connectivity index (χ2v) is 3.94. The van der Waals surface area contributed by atoms with E-state index in [9.17, 15) is 0 Å². The number of aryl methyl sites for hydroxylation is 1. The van der Waals surface area contributed by atoms with E-state index >= 15 is 0 Å². The van der Waals surface area contributed by atoms with Gasteiger partial charge in [0.2, 0.25) is 0 Å². The van der Waals surface area contributed by atoms with Crippen molar-refractivity contribution in [2.45, 2.75) is 19.4 Å². The molecule has 0 radical (unpaired) electrons. The van der Waals surface area contributed by atoms with Crippen LogP contribution in [0.25, 0.3) is 0 Å². The van der Waals surface area contributed by atoms with E-state index in [1.54, 1.807) is 18.7 Å². The van der Waals surface area contributed by atoms with Gasteiger partial charge in [-0.1, -0.05) is 0 Å². The van der Waals surface area contributed by atoms with E-state index in [0.717, 1.165) is 18.5 Å². The lowest BCUT2D eigenvalue weighted by molar-refractivity contribution is 0.227. The number of pyridine rings is 1. The zero-order valence-corrected chi connectivity index (χ0v) is 10.4. The molecule has 0 unspecified atom stereocenters. The summed E-state index contributed by atoms with van der Waals surface area (Å²) in [6.07, 6.45) is 7.44. The summed E-state index contributed by atoms with van der Waals surface area (Å²) in [6, 6.07) is 4.02. The third-order valence-electron chi connectivity index (χ3n) is 2.47. The van der Waals surface area contributed by atoms with Crippen LogP contribution in [-0.4, -0.2) is 23.6 Å². The Morgan fingerprint density at radius 1 is 1.33 bits per heavy atom. The van der Waals surface area contributed by atoms with Gasteiger partial charge in [0, 0.05) is 18.9 Å². The highest BCUT2D eigenvalue weighted by molar-refractivity contribution is 5.09. The summed E-state index contributed by atoms with van der Waals surface area (Å²) < 4.78 is 10.6. The number of nitrogens with one attached hydrogen (secondary N) is 1. The van der Waals surface area contributed by atoms with Gasteiger partial charge in [-0.2, -0.15) is 4.98 Å². The molecule has 5 nitrogen and oxygen atoms in total. The van der Waals surface area contributed by atoms with Crippen LogP contribution in [0.4, 0.5) is 0 Å². The third kappa shape index (κ3) is 3.85. The second-order valence-electron chi connectivity index (χ2n) is 3.94. The minimum atomic E-state index is 0.343. The number of hydrogen-bond acceptors (Lipinski definition) is 5. The van der Waals surface area contributed by atoms with Crippen molar-refractivity contribution in [3.63, 3.8) is 0 Å². The van der Waals surface area contributed by atoms with Crippen molar-refractivity contribution in [3.05, 3.63) is 42.0 Å². The molecule has 0 spiro atoms. The lowest BCUT2D eigenvalue weighted by atomic mass is 10.1. The Hall–Kier alpha value is -1.88. The molecule has 18 heavy (non-hydrogen) atoms. The smallest absolute Gasteiger partial charge is 0.393 e. The number of hydrogen-bond donors (Lipinski definition) is 1. The molecule has 0 saturated heterocycles. The first-order chi connectivity index (χ1) is 8.88. The fourth-order valence-electron chi connectivity index (χ4n) is 1.60. The standard InChI is InChI=1S/C13H17N3O2/c1-14-9-12-10-18-13(16-12)17-8-2-3-11-4-6-15-7-5-11/h4-7,10,14H,2-3,8-9H2,1H3. The van der Waals surface area contributed by atoms with Gasteiger partial charge in [0.15, 0.2) is 0 Å². The normalized spacial score (nSPS) is 10.5. The van der Waals surface area contributed by atoms with Crippen molar-refractivity contribution in [1.29, 1.82) is 0 Å². The highest BCUT2D eigenvalue weighted by atomic mass is 16.6. The molecule has 0 aliphatic carbocycles. The van der Waals surface area contributed by atoms with Crippen molar-refractivity contribution < 1.29 is 9.15 Å². The predicted molar refractivity (Wildman–Crippen MR) is 67.3 cm³/mol. The van der Waals surface area contributed by atoms with Gasteiger partial charge in [-0.25, -0.2) is 0 Å². The van der Waals surface area contributed by atoms with E-state index in [0.29, 0.717) is 19.2 Å². The number of ether oxygens (including phenoxy) is 1. The van der Waals surface area contributed by atoms with Gasteiger partial charge in [0.05, 0.1) is 12.3 Å². The second kappa shape index (κ2) is 6.76. The van der Waals surface area contributed by atoms with E-state index in [1.165, 1.54) is 5.56 Å². The monoisotopic (exact) mass is 247 g/mol. The lowest BCUT2D eigenvalue weighted by Gasteiger charge is -2.01. The quantitative estimate of drug-likeness (QED) is 0.756. The molecule has 0 aromatic carbocycles. The van der Waals surface area contributed by atoms with Crippen molar-refractivity contribution >= 4 is 0 Å². The molecule has 0 aliphatic rings. The van der Waals surface area contributed by atoms with Crippen molar-refractivity contribution in [2.75, 3.05) is 13.7 Å². The Bertz CT molecular complexity index is 456. The first kappa shape index (κ1) is 12.6.